The fourth-order valence-electron chi connectivity index (χ4n) is 1.27. The van der Waals surface area contributed by atoms with E-state index in [4.69, 9.17) is 4.74 Å². The quantitative estimate of drug-likeness (QED) is 0.642. The molecule has 4 heteroatoms. The first-order valence-electron chi connectivity index (χ1n) is 5.74. The van der Waals surface area contributed by atoms with E-state index in [1.165, 1.54) is 5.56 Å². The molecule has 0 saturated heterocycles. The normalized spacial score (nSPS) is 9.76. The predicted molar refractivity (Wildman–Crippen MR) is 65.7 cm³/mol. The van der Waals surface area contributed by atoms with Gasteiger partial charge in [0.25, 0.3) is 0 Å². The molecule has 1 aromatic rings. The fourth-order valence-corrected chi connectivity index (χ4v) is 1.27. The Bertz CT molecular complexity index is 384. The van der Waals surface area contributed by atoms with Crippen LogP contribution in [0.2, 0.25) is 0 Å². The Labute approximate surface area is 101 Å². The number of nitrogens with one attached hydrogen (secondary N) is 1. The molecule has 4 nitrogen and oxygen atoms in total. The SMILES string of the molecule is CCCOC(=O)C(=O)Nc1ccc(CC)cc1. The van der Waals surface area contributed by atoms with Gasteiger partial charge in [0.1, 0.15) is 0 Å². The molecule has 0 heterocycles. The summed E-state index contributed by atoms with van der Waals surface area (Å²) >= 11 is 0. The standard InChI is InChI=1S/C13H17NO3/c1-3-9-17-13(16)12(15)14-11-7-5-10(4-2)6-8-11/h5-8H,3-4,9H2,1-2H3,(H,14,15). The highest BCUT2D eigenvalue weighted by Crippen LogP contribution is 2.09. The van der Waals surface area contributed by atoms with Crippen molar-refractivity contribution in [3.8, 4) is 0 Å². The van der Waals surface area contributed by atoms with Crippen LogP contribution >= 0.6 is 0 Å². The maximum absolute atomic E-state index is 11.4. The number of anilines is 1. The molecule has 17 heavy (non-hydrogen) atoms. The van der Waals surface area contributed by atoms with Crippen molar-refractivity contribution in [2.75, 3.05) is 11.9 Å². The van der Waals surface area contributed by atoms with Crippen LogP contribution in [-0.2, 0) is 20.7 Å². The summed E-state index contributed by atoms with van der Waals surface area (Å²) in [6, 6.07) is 7.35. The van der Waals surface area contributed by atoms with Gasteiger partial charge >= 0.3 is 11.9 Å². The summed E-state index contributed by atoms with van der Waals surface area (Å²) < 4.78 is 4.72. The summed E-state index contributed by atoms with van der Waals surface area (Å²) in [5, 5.41) is 2.49. The summed E-state index contributed by atoms with van der Waals surface area (Å²) in [4.78, 5) is 22.6. The number of hydrogen-bond acceptors (Lipinski definition) is 3. The average molecular weight is 235 g/mol. The van der Waals surface area contributed by atoms with Crippen LogP contribution in [0.1, 0.15) is 25.8 Å². The molecule has 1 aromatic carbocycles. The minimum atomic E-state index is -0.841. The molecule has 0 radical (unpaired) electrons. The Morgan fingerprint density at radius 3 is 2.35 bits per heavy atom. The second kappa shape index (κ2) is 6.68. The van der Waals surface area contributed by atoms with Crippen LogP contribution in [0.3, 0.4) is 0 Å². The van der Waals surface area contributed by atoms with Crippen LogP contribution in [0.5, 0.6) is 0 Å². The molecule has 0 atom stereocenters. The summed E-state index contributed by atoms with van der Waals surface area (Å²) in [5.74, 6) is -1.57. The average Bonchev–Trinajstić information content (AvgIpc) is 2.36. The number of esters is 1. The first-order chi connectivity index (χ1) is 8.17. The maximum Gasteiger partial charge on any atom is 0.397 e. The Kier molecular flexibility index (Phi) is 5.20. The van der Waals surface area contributed by atoms with Gasteiger partial charge in [-0.3, -0.25) is 4.79 Å². The Morgan fingerprint density at radius 2 is 1.82 bits per heavy atom. The third-order valence-electron chi connectivity index (χ3n) is 2.24. The molecule has 1 amide bonds. The van der Waals surface area contributed by atoms with E-state index in [9.17, 15) is 9.59 Å². The number of carbonyl (C=O) groups is 2. The van der Waals surface area contributed by atoms with Crippen molar-refractivity contribution < 1.29 is 14.3 Å². The summed E-state index contributed by atoms with van der Waals surface area (Å²) in [6.07, 6.45) is 1.64. The van der Waals surface area contributed by atoms with E-state index >= 15 is 0 Å². The van der Waals surface area contributed by atoms with Crippen molar-refractivity contribution in [2.45, 2.75) is 26.7 Å². The molecule has 0 aromatic heterocycles. The van der Waals surface area contributed by atoms with Gasteiger partial charge in [-0.1, -0.05) is 26.0 Å². The lowest BCUT2D eigenvalue weighted by Crippen LogP contribution is -2.25. The second-order valence-corrected chi connectivity index (χ2v) is 3.64. The first kappa shape index (κ1) is 13.2. The minimum Gasteiger partial charge on any atom is -0.459 e. The zero-order chi connectivity index (χ0) is 12.7. The second-order valence-electron chi connectivity index (χ2n) is 3.64. The molecule has 1 rings (SSSR count). The van der Waals surface area contributed by atoms with E-state index in [2.05, 4.69) is 12.2 Å². The van der Waals surface area contributed by atoms with Gasteiger partial charge < -0.3 is 10.1 Å². The van der Waals surface area contributed by atoms with E-state index in [0.717, 1.165) is 6.42 Å². The van der Waals surface area contributed by atoms with E-state index in [0.29, 0.717) is 12.1 Å². The number of amides is 1. The molecule has 0 aliphatic carbocycles. The first-order valence-corrected chi connectivity index (χ1v) is 5.74. The van der Waals surface area contributed by atoms with Gasteiger partial charge in [-0.05, 0) is 30.5 Å². The minimum absolute atomic E-state index is 0.265. The topological polar surface area (TPSA) is 55.4 Å². The van der Waals surface area contributed by atoms with Crippen molar-refractivity contribution >= 4 is 17.6 Å². The van der Waals surface area contributed by atoms with Gasteiger partial charge in [0.05, 0.1) is 6.61 Å². The number of aryl methyl sites for hydroxylation is 1. The van der Waals surface area contributed by atoms with E-state index in [1.54, 1.807) is 12.1 Å². The van der Waals surface area contributed by atoms with Gasteiger partial charge in [0.2, 0.25) is 0 Å². The highest BCUT2D eigenvalue weighted by molar-refractivity contribution is 6.37. The number of carbonyl (C=O) groups excluding carboxylic acids is 2. The van der Waals surface area contributed by atoms with Gasteiger partial charge in [-0.15, -0.1) is 0 Å². The van der Waals surface area contributed by atoms with Gasteiger partial charge in [0.15, 0.2) is 0 Å². The number of hydrogen-bond donors (Lipinski definition) is 1. The lowest BCUT2D eigenvalue weighted by molar-refractivity contribution is -0.152. The van der Waals surface area contributed by atoms with E-state index < -0.39 is 11.9 Å². The molecule has 0 unspecified atom stereocenters. The largest absolute Gasteiger partial charge is 0.459 e. The molecule has 1 N–H and O–H groups in total. The fraction of sp³-hybridized carbons (Fsp3) is 0.385. The Hall–Kier alpha value is -1.84. The molecule has 0 saturated carbocycles. The predicted octanol–water partition coefficient (Wildman–Crippen LogP) is 2.14. The smallest absolute Gasteiger partial charge is 0.397 e. The molecule has 0 spiro atoms. The van der Waals surface area contributed by atoms with Crippen molar-refractivity contribution in [1.29, 1.82) is 0 Å². The van der Waals surface area contributed by atoms with Crippen LogP contribution in [0.15, 0.2) is 24.3 Å². The molecular formula is C13H17NO3. The zero-order valence-corrected chi connectivity index (χ0v) is 10.2. The van der Waals surface area contributed by atoms with Crippen LogP contribution in [-0.4, -0.2) is 18.5 Å². The highest BCUT2D eigenvalue weighted by Gasteiger charge is 2.14. The van der Waals surface area contributed by atoms with Crippen LogP contribution < -0.4 is 5.32 Å². The summed E-state index contributed by atoms with van der Waals surface area (Å²) in [5.41, 5.74) is 1.78. The number of rotatable bonds is 4. The Balaban J connectivity index is 2.52. The highest BCUT2D eigenvalue weighted by atomic mass is 16.5. The molecular weight excluding hydrogens is 218 g/mol. The zero-order valence-electron chi connectivity index (χ0n) is 10.2. The van der Waals surface area contributed by atoms with E-state index in [-0.39, 0.29) is 6.61 Å². The summed E-state index contributed by atoms with van der Waals surface area (Å²) in [6.45, 7) is 4.19. The van der Waals surface area contributed by atoms with Crippen LogP contribution in [0.4, 0.5) is 5.69 Å². The van der Waals surface area contributed by atoms with Crippen molar-refractivity contribution in [3.05, 3.63) is 29.8 Å². The monoisotopic (exact) mass is 235 g/mol. The van der Waals surface area contributed by atoms with Crippen molar-refractivity contribution in [2.24, 2.45) is 0 Å². The Morgan fingerprint density at radius 1 is 1.18 bits per heavy atom. The van der Waals surface area contributed by atoms with Crippen molar-refractivity contribution in [1.82, 2.24) is 0 Å². The number of benzene rings is 1. The van der Waals surface area contributed by atoms with Gasteiger partial charge in [-0.2, -0.15) is 0 Å². The number of ether oxygens (including phenoxy) is 1. The van der Waals surface area contributed by atoms with Crippen LogP contribution in [0.25, 0.3) is 0 Å². The molecule has 0 fully saturated rings. The van der Waals surface area contributed by atoms with E-state index in [1.807, 2.05) is 19.1 Å². The maximum atomic E-state index is 11.4. The van der Waals surface area contributed by atoms with Crippen LogP contribution in [0, 0.1) is 0 Å². The lowest BCUT2D eigenvalue weighted by Gasteiger charge is -2.05. The lowest BCUT2D eigenvalue weighted by atomic mass is 10.1. The van der Waals surface area contributed by atoms with Gasteiger partial charge in [0, 0.05) is 5.69 Å². The third kappa shape index (κ3) is 4.26. The third-order valence-corrected chi connectivity index (χ3v) is 2.24. The molecule has 0 aliphatic rings. The molecule has 0 bridgehead atoms. The van der Waals surface area contributed by atoms with Gasteiger partial charge in [-0.25, -0.2) is 4.79 Å². The summed E-state index contributed by atoms with van der Waals surface area (Å²) in [7, 11) is 0. The molecule has 0 aliphatic heterocycles. The van der Waals surface area contributed by atoms with Crippen molar-refractivity contribution in [3.63, 3.8) is 0 Å². The molecule has 92 valence electrons.